The summed E-state index contributed by atoms with van der Waals surface area (Å²) in [5.41, 5.74) is 2.48. The Bertz CT molecular complexity index is 745. The van der Waals surface area contributed by atoms with Crippen LogP contribution in [0.5, 0.6) is 0 Å². The smallest absolute Gasteiger partial charge is 0.143 e. The standard InChI is InChI=1S/C15H18BrN5/c1-10(15-19-9-20-21(15)2)17-7-6-11-8-18-13-5-3-4-12(16)14(11)13/h3-5,8-10,17-18H,6-7H2,1-2H3. The normalized spacial score (nSPS) is 12.9. The van der Waals surface area contributed by atoms with Gasteiger partial charge in [0.15, 0.2) is 0 Å². The van der Waals surface area contributed by atoms with Gasteiger partial charge in [0.2, 0.25) is 0 Å². The molecule has 0 bridgehead atoms. The Morgan fingerprint density at radius 1 is 1.43 bits per heavy atom. The summed E-state index contributed by atoms with van der Waals surface area (Å²) in [6, 6.07) is 6.40. The lowest BCUT2D eigenvalue weighted by molar-refractivity contribution is 0.521. The Morgan fingerprint density at radius 3 is 3.05 bits per heavy atom. The van der Waals surface area contributed by atoms with E-state index < -0.39 is 0 Å². The van der Waals surface area contributed by atoms with Crippen LogP contribution in [0.2, 0.25) is 0 Å². The van der Waals surface area contributed by atoms with Gasteiger partial charge in [-0.05, 0) is 37.6 Å². The predicted octanol–water partition coefficient (Wildman–Crippen LogP) is 2.95. The van der Waals surface area contributed by atoms with Gasteiger partial charge in [0.05, 0.1) is 6.04 Å². The van der Waals surface area contributed by atoms with Crippen LogP contribution in [0.1, 0.15) is 24.4 Å². The Morgan fingerprint density at radius 2 is 2.29 bits per heavy atom. The van der Waals surface area contributed by atoms with Crippen molar-refractivity contribution in [3.05, 3.63) is 46.6 Å². The molecule has 6 heteroatoms. The lowest BCUT2D eigenvalue weighted by atomic mass is 10.1. The molecule has 1 aromatic carbocycles. The minimum absolute atomic E-state index is 0.186. The van der Waals surface area contributed by atoms with Gasteiger partial charge >= 0.3 is 0 Å². The molecule has 110 valence electrons. The molecular formula is C15H18BrN5. The van der Waals surface area contributed by atoms with Crippen molar-refractivity contribution < 1.29 is 0 Å². The molecule has 21 heavy (non-hydrogen) atoms. The lowest BCUT2D eigenvalue weighted by Gasteiger charge is -2.12. The number of aromatic amines is 1. The van der Waals surface area contributed by atoms with E-state index in [0.717, 1.165) is 23.3 Å². The van der Waals surface area contributed by atoms with E-state index >= 15 is 0 Å². The fourth-order valence-electron chi connectivity index (χ4n) is 2.62. The van der Waals surface area contributed by atoms with Crippen LogP contribution in [0, 0.1) is 0 Å². The van der Waals surface area contributed by atoms with Crippen LogP contribution < -0.4 is 5.32 Å². The first-order chi connectivity index (χ1) is 10.2. The Kier molecular flexibility index (Phi) is 4.07. The number of fused-ring (bicyclic) bond motifs is 1. The third kappa shape index (κ3) is 2.87. The average molecular weight is 348 g/mol. The van der Waals surface area contributed by atoms with Crippen LogP contribution in [0.15, 0.2) is 35.2 Å². The minimum atomic E-state index is 0.186. The summed E-state index contributed by atoms with van der Waals surface area (Å²) in [5.74, 6) is 0.954. The number of hydrogen-bond donors (Lipinski definition) is 2. The van der Waals surface area contributed by atoms with Crippen molar-refractivity contribution in [2.75, 3.05) is 6.54 Å². The van der Waals surface area contributed by atoms with Gasteiger partial charge in [-0.3, -0.25) is 4.68 Å². The van der Waals surface area contributed by atoms with Crippen LogP contribution in [0.4, 0.5) is 0 Å². The molecule has 0 amide bonds. The van der Waals surface area contributed by atoms with E-state index in [2.05, 4.69) is 61.6 Å². The van der Waals surface area contributed by atoms with Crippen LogP contribution in [-0.4, -0.2) is 26.3 Å². The number of rotatable bonds is 5. The molecule has 0 radical (unpaired) electrons. The maximum Gasteiger partial charge on any atom is 0.143 e. The molecule has 2 aromatic heterocycles. The summed E-state index contributed by atoms with van der Waals surface area (Å²) in [7, 11) is 1.91. The largest absolute Gasteiger partial charge is 0.361 e. The van der Waals surface area contributed by atoms with Gasteiger partial charge in [-0.2, -0.15) is 5.10 Å². The zero-order valence-corrected chi connectivity index (χ0v) is 13.7. The van der Waals surface area contributed by atoms with Crippen LogP contribution in [-0.2, 0) is 13.5 Å². The number of H-pyrrole nitrogens is 1. The van der Waals surface area contributed by atoms with Crippen molar-refractivity contribution in [1.29, 1.82) is 0 Å². The molecule has 3 aromatic rings. The first kappa shape index (κ1) is 14.3. The van der Waals surface area contributed by atoms with E-state index in [0.29, 0.717) is 0 Å². The van der Waals surface area contributed by atoms with Crippen molar-refractivity contribution in [1.82, 2.24) is 25.1 Å². The third-order valence-corrected chi connectivity index (χ3v) is 4.38. The van der Waals surface area contributed by atoms with E-state index in [1.807, 2.05) is 13.1 Å². The van der Waals surface area contributed by atoms with Gasteiger partial charge in [0.1, 0.15) is 12.2 Å². The van der Waals surface area contributed by atoms with Gasteiger partial charge < -0.3 is 10.3 Å². The van der Waals surface area contributed by atoms with Crippen molar-refractivity contribution in [2.24, 2.45) is 7.05 Å². The van der Waals surface area contributed by atoms with Crippen molar-refractivity contribution in [2.45, 2.75) is 19.4 Å². The Hall–Kier alpha value is -1.66. The molecule has 3 rings (SSSR count). The highest BCUT2D eigenvalue weighted by molar-refractivity contribution is 9.10. The summed E-state index contributed by atoms with van der Waals surface area (Å²) in [6.45, 7) is 3.00. The van der Waals surface area contributed by atoms with E-state index in [-0.39, 0.29) is 6.04 Å². The Labute approximate surface area is 131 Å². The Balaban J connectivity index is 1.66. The zero-order valence-electron chi connectivity index (χ0n) is 12.1. The van der Waals surface area contributed by atoms with E-state index in [1.165, 1.54) is 16.5 Å². The fraction of sp³-hybridized carbons (Fsp3) is 0.333. The second-order valence-electron chi connectivity index (χ2n) is 5.14. The van der Waals surface area contributed by atoms with Gasteiger partial charge in [-0.15, -0.1) is 0 Å². The molecule has 0 aliphatic carbocycles. The van der Waals surface area contributed by atoms with Gasteiger partial charge in [0.25, 0.3) is 0 Å². The van der Waals surface area contributed by atoms with Crippen molar-refractivity contribution in [3.8, 4) is 0 Å². The van der Waals surface area contributed by atoms with Crippen LogP contribution >= 0.6 is 15.9 Å². The molecule has 0 fully saturated rings. The molecule has 0 aliphatic rings. The predicted molar refractivity (Wildman–Crippen MR) is 87.1 cm³/mol. The quantitative estimate of drug-likeness (QED) is 0.745. The SMILES string of the molecule is CC(NCCc1c[nH]c2cccc(Br)c12)c1ncnn1C. The molecule has 0 aliphatic heterocycles. The molecule has 5 nitrogen and oxygen atoms in total. The maximum absolute atomic E-state index is 4.27. The van der Waals surface area contributed by atoms with E-state index in [9.17, 15) is 0 Å². The summed E-state index contributed by atoms with van der Waals surface area (Å²) in [4.78, 5) is 7.59. The monoisotopic (exact) mass is 347 g/mol. The topological polar surface area (TPSA) is 58.5 Å². The summed E-state index contributed by atoms with van der Waals surface area (Å²) < 4.78 is 2.94. The molecule has 2 N–H and O–H groups in total. The van der Waals surface area contributed by atoms with E-state index in [4.69, 9.17) is 0 Å². The maximum atomic E-state index is 4.27. The molecule has 2 heterocycles. The van der Waals surface area contributed by atoms with Crippen LogP contribution in [0.3, 0.4) is 0 Å². The molecule has 1 unspecified atom stereocenters. The highest BCUT2D eigenvalue weighted by atomic mass is 79.9. The second kappa shape index (κ2) is 5.99. The number of nitrogens with zero attached hydrogens (tertiary/aromatic N) is 3. The average Bonchev–Trinajstić information content (AvgIpc) is 3.06. The number of halogens is 1. The minimum Gasteiger partial charge on any atom is -0.361 e. The van der Waals surface area contributed by atoms with Crippen molar-refractivity contribution in [3.63, 3.8) is 0 Å². The number of aromatic nitrogens is 4. The molecule has 1 atom stereocenters. The zero-order chi connectivity index (χ0) is 14.8. The summed E-state index contributed by atoms with van der Waals surface area (Å²) >= 11 is 3.63. The summed E-state index contributed by atoms with van der Waals surface area (Å²) in [5, 5.41) is 8.87. The number of hydrogen-bond acceptors (Lipinski definition) is 3. The molecule has 0 saturated carbocycles. The van der Waals surface area contributed by atoms with Gasteiger partial charge in [-0.25, -0.2) is 4.98 Å². The lowest BCUT2D eigenvalue weighted by Crippen LogP contribution is -2.24. The third-order valence-electron chi connectivity index (χ3n) is 3.72. The van der Waals surface area contributed by atoms with Gasteiger partial charge in [0, 0.05) is 28.6 Å². The first-order valence-electron chi connectivity index (χ1n) is 6.98. The number of aryl methyl sites for hydroxylation is 1. The fourth-order valence-corrected chi connectivity index (χ4v) is 3.24. The van der Waals surface area contributed by atoms with E-state index in [1.54, 1.807) is 11.0 Å². The highest BCUT2D eigenvalue weighted by Crippen LogP contribution is 2.27. The van der Waals surface area contributed by atoms with Crippen LogP contribution in [0.25, 0.3) is 10.9 Å². The van der Waals surface area contributed by atoms with Gasteiger partial charge in [-0.1, -0.05) is 22.0 Å². The second-order valence-corrected chi connectivity index (χ2v) is 6.00. The first-order valence-corrected chi connectivity index (χ1v) is 7.78. The molecule has 0 saturated heterocycles. The molecular weight excluding hydrogens is 330 g/mol. The highest BCUT2D eigenvalue weighted by Gasteiger charge is 2.11. The molecule has 0 spiro atoms. The number of benzene rings is 1. The number of nitrogens with one attached hydrogen (secondary N) is 2. The van der Waals surface area contributed by atoms with Crippen molar-refractivity contribution >= 4 is 26.8 Å². The summed E-state index contributed by atoms with van der Waals surface area (Å²) in [6.07, 6.45) is 4.64.